The zero-order valence-electron chi connectivity index (χ0n) is 15.2. The van der Waals surface area contributed by atoms with Gasteiger partial charge in [-0.05, 0) is 54.1 Å². The number of rotatable bonds is 6. The molecule has 1 aromatic heterocycles. The fourth-order valence-electron chi connectivity index (χ4n) is 2.49. The summed E-state index contributed by atoms with van der Waals surface area (Å²) in [7, 11) is 3.98. The number of anilines is 3. The molecule has 0 saturated heterocycles. The third kappa shape index (κ3) is 5.04. The highest BCUT2D eigenvalue weighted by atomic mass is 19.1. The van der Waals surface area contributed by atoms with E-state index in [2.05, 4.69) is 15.6 Å². The molecule has 3 aromatic rings. The molecule has 2 N–H and O–H groups in total. The average Bonchev–Trinajstić information content (AvgIpc) is 2.68. The van der Waals surface area contributed by atoms with Gasteiger partial charge in [-0.1, -0.05) is 12.1 Å². The van der Waals surface area contributed by atoms with Crippen LogP contribution in [-0.4, -0.2) is 25.0 Å². The molecule has 0 saturated carbocycles. The Hall–Kier alpha value is -3.41. The topological polar surface area (TPSA) is 57.3 Å². The number of carbonyl (C=O) groups is 1. The number of pyridine rings is 1. The van der Waals surface area contributed by atoms with Crippen LogP contribution in [0.2, 0.25) is 0 Å². The smallest absolute Gasteiger partial charge is 0.270 e. The molecule has 6 heteroatoms. The monoisotopic (exact) mass is 364 g/mol. The molecule has 2 aromatic carbocycles. The first-order valence-electron chi connectivity index (χ1n) is 8.54. The van der Waals surface area contributed by atoms with Gasteiger partial charge in [-0.2, -0.15) is 0 Å². The molecule has 0 unspecified atom stereocenters. The van der Waals surface area contributed by atoms with Crippen molar-refractivity contribution in [2.24, 2.45) is 0 Å². The minimum absolute atomic E-state index is 0.277. The van der Waals surface area contributed by atoms with Crippen LogP contribution in [0.4, 0.5) is 21.5 Å². The Morgan fingerprint density at radius 3 is 2.22 bits per heavy atom. The minimum Gasteiger partial charge on any atom is -0.378 e. The number of benzene rings is 2. The van der Waals surface area contributed by atoms with Crippen molar-refractivity contribution in [1.29, 1.82) is 0 Å². The first-order chi connectivity index (χ1) is 13.0. The molecule has 0 bridgehead atoms. The second kappa shape index (κ2) is 8.31. The Kier molecular flexibility index (Phi) is 5.66. The Morgan fingerprint density at radius 1 is 0.963 bits per heavy atom. The summed E-state index contributed by atoms with van der Waals surface area (Å²) in [4.78, 5) is 18.4. The summed E-state index contributed by atoms with van der Waals surface area (Å²) in [5.74, 6) is -0.576. The number of halogens is 1. The van der Waals surface area contributed by atoms with Crippen molar-refractivity contribution in [3.8, 4) is 0 Å². The number of hydrogen-bond donors (Lipinski definition) is 2. The summed E-state index contributed by atoms with van der Waals surface area (Å²) in [5, 5.41) is 6.02. The largest absolute Gasteiger partial charge is 0.378 e. The zero-order chi connectivity index (χ0) is 19.2. The maximum atomic E-state index is 12.9. The van der Waals surface area contributed by atoms with Crippen LogP contribution in [0, 0.1) is 5.82 Å². The number of amides is 1. The summed E-state index contributed by atoms with van der Waals surface area (Å²) >= 11 is 0. The maximum Gasteiger partial charge on any atom is 0.270 e. The summed E-state index contributed by atoms with van der Waals surface area (Å²) in [5.41, 5.74) is 4.00. The van der Waals surface area contributed by atoms with Gasteiger partial charge in [0.05, 0.1) is 11.9 Å². The first-order valence-corrected chi connectivity index (χ1v) is 8.54. The van der Waals surface area contributed by atoms with Crippen molar-refractivity contribution in [1.82, 2.24) is 10.3 Å². The van der Waals surface area contributed by atoms with Gasteiger partial charge in [-0.3, -0.25) is 4.79 Å². The average molecular weight is 364 g/mol. The highest BCUT2D eigenvalue weighted by molar-refractivity contribution is 5.92. The van der Waals surface area contributed by atoms with Crippen LogP contribution in [-0.2, 0) is 6.54 Å². The van der Waals surface area contributed by atoms with Gasteiger partial charge < -0.3 is 15.5 Å². The number of aromatic nitrogens is 1. The van der Waals surface area contributed by atoms with E-state index in [0.717, 1.165) is 22.6 Å². The number of hydrogen-bond acceptors (Lipinski definition) is 4. The molecule has 5 nitrogen and oxygen atoms in total. The van der Waals surface area contributed by atoms with Crippen LogP contribution in [0.3, 0.4) is 0 Å². The van der Waals surface area contributed by atoms with Gasteiger partial charge in [0.25, 0.3) is 5.91 Å². The van der Waals surface area contributed by atoms with E-state index in [1.165, 1.54) is 12.1 Å². The predicted molar refractivity (Wildman–Crippen MR) is 106 cm³/mol. The van der Waals surface area contributed by atoms with E-state index in [4.69, 9.17) is 0 Å². The number of nitrogens with one attached hydrogen (secondary N) is 2. The number of nitrogens with zero attached hydrogens (tertiary/aromatic N) is 2. The van der Waals surface area contributed by atoms with E-state index < -0.39 is 0 Å². The molecule has 0 aliphatic heterocycles. The van der Waals surface area contributed by atoms with Crippen LogP contribution >= 0.6 is 0 Å². The Balaban J connectivity index is 1.57. The van der Waals surface area contributed by atoms with Crippen LogP contribution in [0.25, 0.3) is 0 Å². The second-order valence-corrected chi connectivity index (χ2v) is 6.31. The molecule has 0 aliphatic rings. The Bertz CT molecular complexity index is 891. The quantitative estimate of drug-likeness (QED) is 0.695. The number of carbonyl (C=O) groups excluding carboxylic acids is 1. The van der Waals surface area contributed by atoms with Gasteiger partial charge in [0, 0.05) is 32.0 Å². The molecular formula is C21H21FN4O. The van der Waals surface area contributed by atoms with Crippen LogP contribution in [0.1, 0.15) is 16.1 Å². The van der Waals surface area contributed by atoms with Crippen LogP contribution in [0.15, 0.2) is 66.9 Å². The summed E-state index contributed by atoms with van der Waals surface area (Å²) in [6.45, 7) is 0.318. The Morgan fingerprint density at radius 2 is 1.63 bits per heavy atom. The van der Waals surface area contributed by atoms with Gasteiger partial charge in [0.2, 0.25) is 0 Å². The maximum absolute atomic E-state index is 12.9. The van der Waals surface area contributed by atoms with Crippen molar-refractivity contribution < 1.29 is 9.18 Å². The van der Waals surface area contributed by atoms with Gasteiger partial charge in [0.15, 0.2) is 0 Å². The lowest BCUT2D eigenvalue weighted by atomic mass is 10.2. The SMILES string of the molecule is CN(C)c1ccc(Nc2ccc(C(=O)NCc3ccc(F)cc3)nc2)cc1. The fraction of sp³-hybridized carbons (Fsp3) is 0.143. The lowest BCUT2D eigenvalue weighted by Crippen LogP contribution is -2.23. The van der Waals surface area contributed by atoms with E-state index in [1.807, 2.05) is 43.3 Å². The molecule has 0 aliphatic carbocycles. The van der Waals surface area contributed by atoms with Gasteiger partial charge in [-0.25, -0.2) is 9.37 Å². The molecule has 0 atom stereocenters. The fourth-order valence-corrected chi connectivity index (χ4v) is 2.49. The van der Waals surface area contributed by atoms with Crippen molar-refractivity contribution >= 4 is 23.0 Å². The van der Waals surface area contributed by atoms with Gasteiger partial charge in [0.1, 0.15) is 11.5 Å². The van der Waals surface area contributed by atoms with E-state index >= 15 is 0 Å². The van der Waals surface area contributed by atoms with E-state index in [-0.39, 0.29) is 11.7 Å². The summed E-state index contributed by atoms with van der Waals surface area (Å²) < 4.78 is 12.9. The molecular weight excluding hydrogens is 343 g/mol. The second-order valence-electron chi connectivity index (χ2n) is 6.31. The van der Waals surface area contributed by atoms with Gasteiger partial charge >= 0.3 is 0 Å². The third-order valence-corrected chi connectivity index (χ3v) is 4.03. The Labute approximate surface area is 157 Å². The minimum atomic E-state index is -0.300. The van der Waals surface area contributed by atoms with Crippen LogP contribution in [0.5, 0.6) is 0 Å². The highest BCUT2D eigenvalue weighted by Crippen LogP contribution is 2.19. The van der Waals surface area contributed by atoms with Crippen molar-refractivity contribution in [3.63, 3.8) is 0 Å². The van der Waals surface area contributed by atoms with Crippen molar-refractivity contribution in [2.75, 3.05) is 24.3 Å². The molecule has 3 rings (SSSR count). The van der Waals surface area contributed by atoms with Crippen molar-refractivity contribution in [2.45, 2.75) is 6.54 Å². The highest BCUT2D eigenvalue weighted by Gasteiger charge is 2.07. The lowest BCUT2D eigenvalue weighted by molar-refractivity contribution is 0.0946. The summed E-state index contributed by atoms with van der Waals surface area (Å²) in [6, 6.07) is 17.5. The molecule has 0 fully saturated rings. The van der Waals surface area contributed by atoms with Crippen LogP contribution < -0.4 is 15.5 Å². The lowest BCUT2D eigenvalue weighted by Gasteiger charge is -2.13. The molecule has 1 heterocycles. The molecule has 138 valence electrons. The standard InChI is InChI=1S/C21H21FN4O/c1-26(2)19-10-7-17(8-11-19)25-18-9-12-20(23-14-18)21(27)24-13-15-3-5-16(22)6-4-15/h3-12,14,25H,13H2,1-2H3,(H,24,27). The van der Waals surface area contributed by atoms with E-state index in [9.17, 15) is 9.18 Å². The normalized spacial score (nSPS) is 10.3. The third-order valence-electron chi connectivity index (χ3n) is 4.03. The van der Waals surface area contributed by atoms with Gasteiger partial charge in [-0.15, -0.1) is 0 Å². The summed E-state index contributed by atoms with van der Waals surface area (Å²) in [6.07, 6.45) is 1.62. The molecule has 1 amide bonds. The first kappa shape index (κ1) is 18.4. The molecule has 0 spiro atoms. The van der Waals surface area contributed by atoms with E-state index in [1.54, 1.807) is 30.5 Å². The zero-order valence-corrected chi connectivity index (χ0v) is 15.2. The molecule has 27 heavy (non-hydrogen) atoms. The van der Waals surface area contributed by atoms with Crippen molar-refractivity contribution in [3.05, 3.63) is 83.9 Å². The molecule has 0 radical (unpaired) electrons. The van der Waals surface area contributed by atoms with E-state index in [0.29, 0.717) is 12.2 Å². The predicted octanol–water partition coefficient (Wildman–Crippen LogP) is 3.96.